The number of ether oxygens (including phenoxy) is 3. The summed E-state index contributed by atoms with van der Waals surface area (Å²) in [7, 11) is 1.62. The number of benzene rings is 1. The van der Waals surface area contributed by atoms with Gasteiger partial charge in [0.05, 0.1) is 7.11 Å². The van der Waals surface area contributed by atoms with E-state index in [4.69, 9.17) is 14.2 Å². The number of carbonyl (C=O) groups is 1. The molecule has 2 aromatic rings. The van der Waals surface area contributed by atoms with Crippen molar-refractivity contribution in [1.82, 2.24) is 9.88 Å². The average molecular weight is 344 g/mol. The van der Waals surface area contributed by atoms with Crippen LogP contribution in [0.2, 0.25) is 0 Å². The number of H-pyrrole nitrogens is 1. The highest BCUT2D eigenvalue weighted by atomic mass is 16.8. The number of aromatic nitrogens is 1. The van der Waals surface area contributed by atoms with Gasteiger partial charge in [0, 0.05) is 48.9 Å². The Balaban J connectivity index is 1.50. The Morgan fingerprint density at radius 2 is 2.04 bits per heavy atom. The molecule has 1 spiro atoms. The molecule has 0 bridgehead atoms. The van der Waals surface area contributed by atoms with E-state index in [9.17, 15) is 9.59 Å². The van der Waals surface area contributed by atoms with Crippen molar-refractivity contribution in [3.8, 4) is 5.75 Å². The minimum Gasteiger partial charge on any atom is -0.497 e. The first-order chi connectivity index (χ1) is 12.1. The van der Waals surface area contributed by atoms with Crippen LogP contribution in [-0.4, -0.2) is 48.4 Å². The summed E-state index contributed by atoms with van der Waals surface area (Å²) in [5, 5.41) is 0.945. The van der Waals surface area contributed by atoms with Gasteiger partial charge in [0.25, 0.3) is 5.56 Å². The summed E-state index contributed by atoms with van der Waals surface area (Å²) in [6.07, 6.45) is 0.865. The van der Waals surface area contributed by atoms with Crippen LogP contribution in [-0.2, 0) is 16.0 Å². The predicted molar refractivity (Wildman–Crippen MR) is 90.8 cm³/mol. The predicted octanol–water partition coefficient (Wildman–Crippen LogP) is 2.04. The average Bonchev–Trinajstić information content (AvgIpc) is 2.98. The van der Waals surface area contributed by atoms with Crippen molar-refractivity contribution in [1.29, 1.82) is 0 Å². The van der Waals surface area contributed by atoms with Gasteiger partial charge >= 0.3 is 6.16 Å². The lowest BCUT2D eigenvalue weighted by Crippen LogP contribution is -2.46. The number of methoxy groups -OCH3 is 1. The van der Waals surface area contributed by atoms with Crippen LogP contribution in [0.1, 0.15) is 18.4 Å². The Morgan fingerprint density at radius 1 is 1.24 bits per heavy atom. The number of nitrogens with one attached hydrogen (secondary N) is 1. The zero-order valence-electron chi connectivity index (χ0n) is 14.0. The molecule has 0 unspecified atom stereocenters. The lowest BCUT2D eigenvalue weighted by molar-refractivity contribution is -0.00170. The van der Waals surface area contributed by atoms with Crippen molar-refractivity contribution < 1.29 is 19.0 Å². The molecule has 1 N–H and O–H groups in total. The van der Waals surface area contributed by atoms with Gasteiger partial charge < -0.3 is 19.2 Å². The Morgan fingerprint density at radius 3 is 2.72 bits per heavy atom. The first-order valence-electron chi connectivity index (χ1n) is 8.35. The molecule has 2 saturated heterocycles. The molecule has 0 aliphatic carbocycles. The topological polar surface area (TPSA) is 80.9 Å². The fraction of sp³-hybridized carbons (Fsp3) is 0.444. The monoisotopic (exact) mass is 344 g/mol. The van der Waals surface area contributed by atoms with Gasteiger partial charge in [-0.2, -0.15) is 0 Å². The second-order valence-electron chi connectivity index (χ2n) is 6.68. The van der Waals surface area contributed by atoms with Gasteiger partial charge in [-0.15, -0.1) is 0 Å². The summed E-state index contributed by atoms with van der Waals surface area (Å²) >= 11 is 0. The Bertz CT molecular complexity index is 867. The van der Waals surface area contributed by atoms with Crippen LogP contribution in [0.25, 0.3) is 10.9 Å². The Kier molecular flexibility index (Phi) is 3.88. The van der Waals surface area contributed by atoms with Crippen LogP contribution in [0.3, 0.4) is 0 Å². The second-order valence-corrected chi connectivity index (χ2v) is 6.68. The zero-order valence-corrected chi connectivity index (χ0v) is 14.0. The highest BCUT2D eigenvalue weighted by Gasteiger charge is 2.44. The van der Waals surface area contributed by atoms with Crippen molar-refractivity contribution in [2.45, 2.75) is 25.0 Å². The van der Waals surface area contributed by atoms with Gasteiger partial charge in [-0.05, 0) is 24.3 Å². The number of nitrogens with zero attached hydrogens (tertiary/aromatic N) is 1. The molecule has 2 fully saturated rings. The molecule has 0 radical (unpaired) electrons. The third-order valence-corrected chi connectivity index (χ3v) is 5.04. The summed E-state index contributed by atoms with van der Waals surface area (Å²) in [6.45, 7) is 2.40. The highest BCUT2D eigenvalue weighted by molar-refractivity contribution is 5.80. The lowest BCUT2D eigenvalue weighted by atomic mass is 9.92. The van der Waals surface area contributed by atoms with E-state index in [1.54, 1.807) is 7.11 Å². The molecule has 7 nitrogen and oxygen atoms in total. The molecular formula is C18H20N2O5. The molecule has 1 aromatic carbocycles. The SMILES string of the molecule is COc1ccc2[nH]c(=O)c(CN3CCC4(CC3)COC(=O)O4)cc2c1. The van der Waals surface area contributed by atoms with Crippen molar-refractivity contribution in [3.05, 3.63) is 40.2 Å². The maximum Gasteiger partial charge on any atom is 0.509 e. The molecule has 2 aliphatic heterocycles. The number of fused-ring (bicyclic) bond motifs is 1. The third kappa shape index (κ3) is 3.07. The van der Waals surface area contributed by atoms with Crippen LogP contribution in [0.4, 0.5) is 4.79 Å². The smallest absolute Gasteiger partial charge is 0.497 e. The summed E-state index contributed by atoms with van der Waals surface area (Å²) in [6, 6.07) is 7.50. The van der Waals surface area contributed by atoms with Crippen LogP contribution >= 0.6 is 0 Å². The quantitative estimate of drug-likeness (QED) is 0.858. The maximum atomic E-state index is 12.4. The van der Waals surface area contributed by atoms with Crippen molar-refractivity contribution >= 4 is 17.1 Å². The van der Waals surface area contributed by atoms with E-state index in [0.717, 1.165) is 48.1 Å². The van der Waals surface area contributed by atoms with E-state index in [1.807, 2.05) is 24.3 Å². The van der Waals surface area contributed by atoms with Gasteiger partial charge in [-0.3, -0.25) is 9.69 Å². The van der Waals surface area contributed by atoms with E-state index in [0.29, 0.717) is 13.2 Å². The summed E-state index contributed by atoms with van der Waals surface area (Å²) in [4.78, 5) is 28.7. The van der Waals surface area contributed by atoms with E-state index in [-0.39, 0.29) is 5.56 Å². The van der Waals surface area contributed by atoms with Crippen LogP contribution in [0.15, 0.2) is 29.1 Å². The van der Waals surface area contributed by atoms with E-state index in [2.05, 4.69) is 9.88 Å². The van der Waals surface area contributed by atoms with Gasteiger partial charge in [-0.1, -0.05) is 0 Å². The minimum absolute atomic E-state index is 0.0754. The number of hydrogen-bond donors (Lipinski definition) is 1. The number of aromatic amines is 1. The number of rotatable bonds is 3. The highest BCUT2D eigenvalue weighted by Crippen LogP contribution is 2.32. The van der Waals surface area contributed by atoms with Gasteiger partial charge in [0.2, 0.25) is 0 Å². The maximum absolute atomic E-state index is 12.4. The van der Waals surface area contributed by atoms with E-state index in [1.165, 1.54) is 0 Å². The van der Waals surface area contributed by atoms with E-state index < -0.39 is 11.8 Å². The fourth-order valence-electron chi connectivity index (χ4n) is 3.51. The van der Waals surface area contributed by atoms with Gasteiger partial charge in [-0.25, -0.2) is 4.79 Å². The summed E-state index contributed by atoms with van der Waals surface area (Å²) in [5.41, 5.74) is 0.962. The second kappa shape index (κ2) is 6.07. The van der Waals surface area contributed by atoms with Crippen molar-refractivity contribution in [3.63, 3.8) is 0 Å². The molecule has 0 saturated carbocycles. The molecule has 0 amide bonds. The van der Waals surface area contributed by atoms with Crippen molar-refractivity contribution in [2.75, 3.05) is 26.8 Å². The summed E-state index contributed by atoms with van der Waals surface area (Å²) in [5.74, 6) is 0.758. The van der Waals surface area contributed by atoms with Crippen LogP contribution in [0.5, 0.6) is 5.75 Å². The lowest BCUT2D eigenvalue weighted by Gasteiger charge is -2.36. The minimum atomic E-state index is -0.576. The zero-order chi connectivity index (χ0) is 17.4. The molecule has 132 valence electrons. The number of pyridine rings is 1. The van der Waals surface area contributed by atoms with Gasteiger partial charge in [0.1, 0.15) is 12.4 Å². The Hall–Kier alpha value is -2.54. The fourth-order valence-corrected chi connectivity index (χ4v) is 3.51. The largest absolute Gasteiger partial charge is 0.509 e. The number of piperidine rings is 1. The summed E-state index contributed by atoms with van der Waals surface area (Å²) < 4.78 is 15.5. The number of hydrogen-bond acceptors (Lipinski definition) is 6. The first kappa shape index (κ1) is 16.0. The first-order valence-corrected chi connectivity index (χ1v) is 8.35. The standard InChI is InChI=1S/C18H20N2O5/c1-23-14-2-3-15-12(9-14)8-13(16(21)19-15)10-20-6-4-18(5-7-20)11-24-17(22)25-18/h2-3,8-9H,4-7,10-11H2,1H3,(H,19,21). The molecule has 0 atom stereocenters. The third-order valence-electron chi connectivity index (χ3n) is 5.04. The molecular weight excluding hydrogens is 324 g/mol. The molecule has 25 heavy (non-hydrogen) atoms. The molecule has 2 aliphatic rings. The molecule has 7 heteroatoms. The van der Waals surface area contributed by atoms with Crippen LogP contribution in [0, 0.1) is 0 Å². The Labute approximate surface area is 144 Å². The molecule has 1 aromatic heterocycles. The van der Waals surface area contributed by atoms with Crippen LogP contribution < -0.4 is 10.3 Å². The number of cyclic esters (lactones) is 1. The van der Waals surface area contributed by atoms with Crippen molar-refractivity contribution in [2.24, 2.45) is 0 Å². The normalized spacial score (nSPS) is 19.8. The number of carbonyl (C=O) groups excluding carboxylic acids is 1. The van der Waals surface area contributed by atoms with E-state index >= 15 is 0 Å². The van der Waals surface area contributed by atoms with Gasteiger partial charge in [0.15, 0.2) is 5.60 Å². The molecule has 4 rings (SSSR count). The number of likely N-dealkylation sites (tertiary alicyclic amines) is 1. The molecule has 3 heterocycles.